The van der Waals surface area contributed by atoms with Crippen molar-refractivity contribution in [3.63, 3.8) is 0 Å². The maximum atomic E-state index is 12.8. The van der Waals surface area contributed by atoms with Crippen LogP contribution in [0.5, 0.6) is 0 Å². The average molecular weight is 390 g/mol. The van der Waals surface area contributed by atoms with E-state index in [2.05, 4.69) is 36.3 Å². The number of para-hydroxylation sites is 1. The lowest BCUT2D eigenvalue weighted by Gasteiger charge is -2.21. The van der Waals surface area contributed by atoms with Gasteiger partial charge in [-0.2, -0.15) is 5.21 Å². The lowest BCUT2D eigenvalue weighted by Crippen LogP contribution is -2.47. The van der Waals surface area contributed by atoms with E-state index in [1.54, 1.807) is 31.3 Å². The molecule has 1 aliphatic heterocycles. The van der Waals surface area contributed by atoms with Crippen molar-refractivity contribution >= 4 is 29.0 Å². The standard InChI is InChI=1S/C19H18N8O2/c1-11-14-8-3-4-9-15(14)27(2)18(28)17(20-11)22-19(29)21-13-7-5-6-12(10-13)16-23-25-26-24-16/h3-10,17H,1-2H3,(H2,21,22,29)(H,23,24,25,26). The van der Waals surface area contributed by atoms with Crippen molar-refractivity contribution in [2.24, 2.45) is 4.99 Å². The number of anilines is 2. The third-order valence-electron chi connectivity index (χ3n) is 4.53. The lowest BCUT2D eigenvalue weighted by atomic mass is 10.1. The first kappa shape index (κ1) is 18.3. The van der Waals surface area contributed by atoms with Crippen molar-refractivity contribution in [2.45, 2.75) is 13.1 Å². The van der Waals surface area contributed by atoms with Gasteiger partial charge in [0.1, 0.15) is 0 Å². The molecular formula is C19H18N8O2. The van der Waals surface area contributed by atoms with Crippen LogP contribution in [0.4, 0.5) is 16.2 Å². The predicted octanol–water partition coefficient (Wildman–Crippen LogP) is 1.80. The van der Waals surface area contributed by atoms with E-state index in [1.165, 1.54) is 4.90 Å². The number of hydrogen-bond acceptors (Lipinski definition) is 6. The highest BCUT2D eigenvalue weighted by molar-refractivity contribution is 6.12. The summed E-state index contributed by atoms with van der Waals surface area (Å²) in [7, 11) is 1.66. The molecule has 1 aromatic heterocycles. The molecule has 1 unspecified atom stereocenters. The summed E-state index contributed by atoms with van der Waals surface area (Å²) < 4.78 is 0. The number of aromatic nitrogens is 4. The van der Waals surface area contributed by atoms with Crippen molar-refractivity contribution in [3.05, 3.63) is 54.1 Å². The third kappa shape index (κ3) is 3.68. The average Bonchev–Trinajstić information content (AvgIpc) is 3.24. The molecular weight excluding hydrogens is 372 g/mol. The summed E-state index contributed by atoms with van der Waals surface area (Å²) in [5, 5.41) is 19.1. The van der Waals surface area contributed by atoms with Gasteiger partial charge in [-0.1, -0.05) is 30.3 Å². The lowest BCUT2D eigenvalue weighted by molar-refractivity contribution is -0.119. The molecule has 3 amide bonds. The molecule has 3 aromatic rings. The van der Waals surface area contributed by atoms with E-state index in [1.807, 2.05) is 31.2 Å². The quantitative estimate of drug-likeness (QED) is 0.628. The number of carbonyl (C=O) groups excluding carboxylic acids is 2. The van der Waals surface area contributed by atoms with E-state index < -0.39 is 12.2 Å². The predicted molar refractivity (Wildman–Crippen MR) is 108 cm³/mol. The second kappa shape index (κ2) is 7.50. The molecule has 2 heterocycles. The van der Waals surface area contributed by atoms with Crippen LogP contribution in [0.1, 0.15) is 12.5 Å². The fourth-order valence-corrected chi connectivity index (χ4v) is 3.10. The molecule has 0 fully saturated rings. The Labute approximate surface area is 166 Å². The van der Waals surface area contributed by atoms with Crippen LogP contribution in [0.15, 0.2) is 53.5 Å². The number of hydrogen-bond donors (Lipinski definition) is 3. The van der Waals surface area contributed by atoms with Crippen molar-refractivity contribution in [1.82, 2.24) is 25.9 Å². The Balaban J connectivity index is 1.51. The molecule has 146 valence electrons. The van der Waals surface area contributed by atoms with Gasteiger partial charge >= 0.3 is 6.03 Å². The molecule has 1 aliphatic rings. The second-order valence-corrected chi connectivity index (χ2v) is 6.45. The Morgan fingerprint density at radius 3 is 2.79 bits per heavy atom. The molecule has 0 saturated heterocycles. The summed E-state index contributed by atoms with van der Waals surface area (Å²) in [6.45, 7) is 1.81. The number of amides is 3. The van der Waals surface area contributed by atoms with Crippen molar-refractivity contribution in [2.75, 3.05) is 17.3 Å². The van der Waals surface area contributed by atoms with E-state index in [-0.39, 0.29) is 5.91 Å². The van der Waals surface area contributed by atoms with Gasteiger partial charge in [0.2, 0.25) is 12.0 Å². The normalized spacial score (nSPS) is 15.9. The summed E-state index contributed by atoms with van der Waals surface area (Å²) in [5.41, 5.74) is 3.47. The first-order valence-electron chi connectivity index (χ1n) is 8.85. The smallest absolute Gasteiger partial charge is 0.311 e. The summed E-state index contributed by atoms with van der Waals surface area (Å²) in [6.07, 6.45) is -1.03. The highest BCUT2D eigenvalue weighted by Crippen LogP contribution is 2.24. The maximum Gasteiger partial charge on any atom is 0.321 e. The van der Waals surface area contributed by atoms with Gasteiger partial charge in [0.05, 0.1) is 5.69 Å². The molecule has 10 heteroatoms. The number of nitrogens with one attached hydrogen (secondary N) is 3. The van der Waals surface area contributed by atoms with Crippen LogP contribution in [0.25, 0.3) is 11.4 Å². The largest absolute Gasteiger partial charge is 0.321 e. The number of H-pyrrole nitrogens is 1. The van der Waals surface area contributed by atoms with Gasteiger partial charge in [0, 0.05) is 29.6 Å². The Bertz CT molecular complexity index is 1090. The summed E-state index contributed by atoms with van der Waals surface area (Å²) in [5.74, 6) is 0.0811. The van der Waals surface area contributed by atoms with Crippen molar-refractivity contribution in [1.29, 1.82) is 0 Å². The van der Waals surface area contributed by atoms with E-state index in [0.29, 0.717) is 22.8 Å². The molecule has 2 aromatic carbocycles. The minimum Gasteiger partial charge on any atom is -0.311 e. The van der Waals surface area contributed by atoms with Crippen LogP contribution in [-0.4, -0.2) is 51.5 Å². The number of carbonyl (C=O) groups is 2. The van der Waals surface area contributed by atoms with Gasteiger partial charge in [-0.15, -0.1) is 10.2 Å². The third-order valence-corrected chi connectivity index (χ3v) is 4.53. The van der Waals surface area contributed by atoms with Crippen LogP contribution in [-0.2, 0) is 4.79 Å². The fourth-order valence-electron chi connectivity index (χ4n) is 3.10. The summed E-state index contributed by atoms with van der Waals surface area (Å²) >= 11 is 0. The molecule has 1 atom stereocenters. The van der Waals surface area contributed by atoms with E-state index in [9.17, 15) is 9.59 Å². The number of rotatable bonds is 3. The number of nitrogens with zero attached hydrogens (tertiary/aromatic N) is 5. The molecule has 0 bridgehead atoms. The number of likely N-dealkylation sites (N-methyl/N-ethyl adjacent to an activating group) is 1. The summed E-state index contributed by atoms with van der Waals surface area (Å²) in [4.78, 5) is 31.2. The van der Waals surface area contributed by atoms with Crippen LogP contribution in [0.2, 0.25) is 0 Å². The zero-order valence-corrected chi connectivity index (χ0v) is 15.7. The van der Waals surface area contributed by atoms with Crippen LogP contribution >= 0.6 is 0 Å². The highest BCUT2D eigenvalue weighted by atomic mass is 16.2. The molecule has 0 radical (unpaired) electrons. The Morgan fingerprint density at radius 2 is 2.00 bits per heavy atom. The second-order valence-electron chi connectivity index (χ2n) is 6.45. The number of aliphatic imine (C=N–C) groups is 1. The number of benzene rings is 2. The molecule has 3 N–H and O–H groups in total. The molecule has 0 aliphatic carbocycles. The minimum atomic E-state index is -1.03. The van der Waals surface area contributed by atoms with Crippen LogP contribution in [0, 0.1) is 0 Å². The zero-order valence-electron chi connectivity index (χ0n) is 15.7. The summed E-state index contributed by atoms with van der Waals surface area (Å²) in [6, 6.07) is 13.9. The monoisotopic (exact) mass is 390 g/mol. The highest BCUT2D eigenvalue weighted by Gasteiger charge is 2.29. The number of fused-ring (bicyclic) bond motifs is 1. The fraction of sp³-hybridized carbons (Fsp3) is 0.158. The molecule has 29 heavy (non-hydrogen) atoms. The van der Waals surface area contributed by atoms with Gasteiger partial charge in [-0.05, 0) is 30.3 Å². The van der Waals surface area contributed by atoms with Crippen LogP contribution < -0.4 is 15.5 Å². The number of urea groups is 1. The van der Waals surface area contributed by atoms with Gasteiger partial charge in [0.15, 0.2) is 0 Å². The maximum absolute atomic E-state index is 12.8. The first-order valence-corrected chi connectivity index (χ1v) is 8.85. The number of benzodiazepines with no additional fused rings is 1. The SMILES string of the molecule is CC1=NC(NC(=O)Nc2cccc(-c3nn[nH]n3)c2)C(=O)N(C)c2ccccc21. The van der Waals surface area contributed by atoms with Gasteiger partial charge in [-0.25, -0.2) is 4.79 Å². The Hall–Kier alpha value is -4.08. The van der Waals surface area contributed by atoms with E-state index in [0.717, 1.165) is 11.3 Å². The molecule has 0 saturated carbocycles. The Kier molecular flexibility index (Phi) is 4.73. The number of aromatic amines is 1. The van der Waals surface area contributed by atoms with Crippen LogP contribution in [0.3, 0.4) is 0 Å². The van der Waals surface area contributed by atoms with Crippen molar-refractivity contribution < 1.29 is 9.59 Å². The zero-order chi connectivity index (χ0) is 20.4. The van der Waals surface area contributed by atoms with Gasteiger partial charge in [0.25, 0.3) is 5.91 Å². The van der Waals surface area contributed by atoms with E-state index >= 15 is 0 Å². The van der Waals surface area contributed by atoms with E-state index in [4.69, 9.17) is 0 Å². The molecule has 4 rings (SSSR count). The topological polar surface area (TPSA) is 128 Å². The molecule has 0 spiro atoms. The molecule has 10 nitrogen and oxygen atoms in total. The first-order chi connectivity index (χ1) is 14.0. The van der Waals surface area contributed by atoms with Crippen molar-refractivity contribution in [3.8, 4) is 11.4 Å². The van der Waals surface area contributed by atoms with Gasteiger partial charge in [-0.3, -0.25) is 9.79 Å². The number of tetrazole rings is 1. The Morgan fingerprint density at radius 1 is 1.17 bits per heavy atom. The van der Waals surface area contributed by atoms with Gasteiger partial charge < -0.3 is 15.5 Å². The minimum absolute atomic E-state index is 0.329.